The summed E-state index contributed by atoms with van der Waals surface area (Å²) in [5.41, 5.74) is -6.64. The highest BCUT2D eigenvalue weighted by Crippen LogP contribution is 2.52. The van der Waals surface area contributed by atoms with Crippen molar-refractivity contribution in [3.63, 3.8) is 0 Å². The van der Waals surface area contributed by atoms with E-state index in [-0.39, 0.29) is 5.02 Å². The first kappa shape index (κ1) is 16.0. The minimum Gasteiger partial charge on any atom is -0.384 e. The fraction of sp³-hybridized carbons (Fsp3) is 0.400. The summed E-state index contributed by atoms with van der Waals surface area (Å²) in [6.07, 6.45) is -16.1. The largest absolute Gasteiger partial charge is 0.434 e. The molecule has 1 aromatic carbocycles. The summed E-state index contributed by atoms with van der Waals surface area (Å²) < 4.78 is 87.5. The van der Waals surface area contributed by atoms with Gasteiger partial charge in [-0.25, -0.2) is 4.39 Å². The molecule has 19 heavy (non-hydrogen) atoms. The first-order valence-electron chi connectivity index (χ1n) is 4.67. The molecule has 0 bridgehead atoms. The molecule has 1 nitrogen and oxygen atoms in total. The lowest BCUT2D eigenvalue weighted by molar-refractivity contribution is -0.366. The predicted molar refractivity (Wildman–Crippen MR) is 52.4 cm³/mol. The molecule has 0 spiro atoms. The molecule has 1 atom stereocenters. The van der Waals surface area contributed by atoms with Crippen LogP contribution in [0.2, 0.25) is 5.02 Å². The summed E-state index contributed by atoms with van der Waals surface area (Å²) in [5, 5.41) is 9.16. The van der Waals surface area contributed by atoms with Gasteiger partial charge >= 0.3 is 18.0 Å². The van der Waals surface area contributed by atoms with Crippen LogP contribution in [0.3, 0.4) is 0 Å². The lowest BCUT2D eigenvalue weighted by Crippen LogP contribution is -2.57. The zero-order valence-corrected chi connectivity index (χ0v) is 9.61. The van der Waals surface area contributed by atoms with E-state index >= 15 is 0 Å². The normalized spacial score (nSPS) is 15.4. The molecule has 1 aromatic rings. The Bertz CT molecular complexity index is 423. The first-order chi connectivity index (χ1) is 8.41. The van der Waals surface area contributed by atoms with Gasteiger partial charge in [0.1, 0.15) is 6.10 Å². The molecule has 1 rings (SSSR count). The van der Waals surface area contributed by atoms with Gasteiger partial charge in [0.05, 0.1) is 0 Å². The van der Waals surface area contributed by atoms with Crippen LogP contribution in [0.4, 0.5) is 30.7 Å². The Hall–Kier alpha value is -1.02. The number of aliphatic hydroxyl groups excluding tert-OH is 1. The van der Waals surface area contributed by atoms with Crippen LogP contribution in [0.5, 0.6) is 0 Å². The van der Waals surface area contributed by atoms with Crippen molar-refractivity contribution >= 4 is 11.6 Å². The Morgan fingerprint density at radius 2 is 1.21 bits per heavy atom. The van der Waals surface area contributed by atoms with Crippen molar-refractivity contribution in [2.45, 2.75) is 24.1 Å². The van der Waals surface area contributed by atoms with E-state index in [1.807, 2.05) is 0 Å². The van der Waals surface area contributed by atoms with Gasteiger partial charge in [-0.05, 0) is 17.7 Å². The Kier molecular flexibility index (Phi) is 4.07. The summed E-state index contributed by atoms with van der Waals surface area (Å²) in [4.78, 5) is 0. The number of hydrogen-bond acceptors (Lipinski definition) is 1. The SMILES string of the molecule is OC(c1ccc(Cl)cc1)C(F)(C(F)(F)F)C(F)(F)F. The topological polar surface area (TPSA) is 20.2 Å². The summed E-state index contributed by atoms with van der Waals surface area (Å²) in [6, 6.07) is 3.23. The molecule has 0 fully saturated rings. The Labute approximate surface area is 107 Å². The van der Waals surface area contributed by atoms with Crippen LogP contribution in [-0.2, 0) is 0 Å². The Morgan fingerprint density at radius 1 is 0.842 bits per heavy atom. The van der Waals surface area contributed by atoms with Crippen LogP contribution in [0, 0.1) is 0 Å². The standard InChI is InChI=1S/C10H6ClF7O/c11-6-3-1-5(2-4-6)7(19)8(12,9(13,14)15)10(16,17)18/h1-4,7,19H. The first-order valence-corrected chi connectivity index (χ1v) is 5.05. The second kappa shape index (κ2) is 4.82. The number of halogens is 8. The fourth-order valence-corrected chi connectivity index (χ4v) is 1.47. The molecule has 0 aliphatic carbocycles. The third-order valence-corrected chi connectivity index (χ3v) is 2.64. The smallest absolute Gasteiger partial charge is 0.384 e. The molecule has 1 unspecified atom stereocenters. The molecule has 0 amide bonds. The van der Waals surface area contributed by atoms with E-state index in [2.05, 4.69) is 0 Å². The van der Waals surface area contributed by atoms with E-state index < -0.39 is 29.7 Å². The van der Waals surface area contributed by atoms with Crippen LogP contribution >= 0.6 is 11.6 Å². The molecule has 0 aliphatic rings. The maximum Gasteiger partial charge on any atom is 0.434 e. The average molecular weight is 311 g/mol. The molecule has 0 saturated carbocycles. The minimum absolute atomic E-state index is 0.0134. The lowest BCUT2D eigenvalue weighted by atomic mass is 9.91. The maximum atomic E-state index is 13.5. The molecule has 0 saturated heterocycles. The molecule has 0 heterocycles. The summed E-state index contributed by atoms with van der Waals surface area (Å²) in [7, 11) is 0. The van der Waals surface area contributed by atoms with Crippen molar-refractivity contribution < 1.29 is 35.8 Å². The molecular formula is C10H6ClF7O. The number of aliphatic hydroxyl groups is 1. The van der Waals surface area contributed by atoms with Crippen molar-refractivity contribution in [2.24, 2.45) is 0 Å². The highest BCUT2D eigenvalue weighted by atomic mass is 35.5. The van der Waals surface area contributed by atoms with Gasteiger partial charge in [0.2, 0.25) is 0 Å². The van der Waals surface area contributed by atoms with Crippen molar-refractivity contribution in [1.82, 2.24) is 0 Å². The van der Waals surface area contributed by atoms with Gasteiger partial charge in [-0.1, -0.05) is 23.7 Å². The molecule has 0 aromatic heterocycles. The van der Waals surface area contributed by atoms with Crippen LogP contribution in [0.25, 0.3) is 0 Å². The third kappa shape index (κ3) is 2.79. The molecule has 108 valence electrons. The summed E-state index contributed by atoms with van der Waals surface area (Å²) in [5.74, 6) is 0. The van der Waals surface area contributed by atoms with Crippen molar-refractivity contribution in [3.8, 4) is 0 Å². The predicted octanol–water partition coefficient (Wildman–Crippen LogP) is 4.21. The van der Waals surface area contributed by atoms with Crippen molar-refractivity contribution in [1.29, 1.82) is 0 Å². The van der Waals surface area contributed by atoms with Gasteiger partial charge in [0, 0.05) is 5.02 Å². The van der Waals surface area contributed by atoms with Gasteiger partial charge in [0.25, 0.3) is 0 Å². The van der Waals surface area contributed by atoms with Gasteiger partial charge in [0.15, 0.2) is 0 Å². The van der Waals surface area contributed by atoms with Crippen LogP contribution in [0.15, 0.2) is 24.3 Å². The van der Waals surface area contributed by atoms with Crippen LogP contribution in [-0.4, -0.2) is 23.1 Å². The number of benzene rings is 1. The van der Waals surface area contributed by atoms with Crippen LogP contribution < -0.4 is 0 Å². The number of alkyl halides is 7. The molecule has 1 N–H and O–H groups in total. The van der Waals surface area contributed by atoms with E-state index in [1.54, 1.807) is 0 Å². The fourth-order valence-electron chi connectivity index (χ4n) is 1.35. The van der Waals surface area contributed by atoms with Gasteiger partial charge in [-0.15, -0.1) is 0 Å². The van der Waals surface area contributed by atoms with Crippen molar-refractivity contribution in [2.75, 3.05) is 0 Å². The second-order valence-corrected chi connectivity index (χ2v) is 4.10. The van der Waals surface area contributed by atoms with Gasteiger partial charge < -0.3 is 5.11 Å². The van der Waals surface area contributed by atoms with E-state index in [1.165, 1.54) is 0 Å². The Balaban J connectivity index is 3.31. The number of hydrogen-bond donors (Lipinski definition) is 1. The van der Waals surface area contributed by atoms with E-state index in [0.29, 0.717) is 12.1 Å². The van der Waals surface area contributed by atoms with Crippen LogP contribution in [0.1, 0.15) is 11.7 Å². The zero-order chi connectivity index (χ0) is 15.1. The minimum atomic E-state index is -6.32. The zero-order valence-electron chi connectivity index (χ0n) is 8.86. The molecule has 9 heteroatoms. The molecule has 0 radical (unpaired) electrons. The summed E-state index contributed by atoms with van der Waals surface area (Å²) >= 11 is 5.39. The average Bonchev–Trinajstić information content (AvgIpc) is 2.25. The highest BCUT2D eigenvalue weighted by molar-refractivity contribution is 6.30. The highest BCUT2D eigenvalue weighted by Gasteiger charge is 2.76. The van der Waals surface area contributed by atoms with E-state index in [9.17, 15) is 30.7 Å². The molecular weight excluding hydrogens is 305 g/mol. The second-order valence-electron chi connectivity index (χ2n) is 3.66. The maximum absolute atomic E-state index is 13.5. The third-order valence-electron chi connectivity index (χ3n) is 2.39. The Morgan fingerprint density at radius 3 is 1.53 bits per heavy atom. The van der Waals surface area contributed by atoms with Crippen molar-refractivity contribution in [3.05, 3.63) is 34.9 Å². The van der Waals surface area contributed by atoms with E-state index in [4.69, 9.17) is 16.7 Å². The van der Waals surface area contributed by atoms with Gasteiger partial charge in [-0.3, -0.25) is 0 Å². The summed E-state index contributed by atoms with van der Waals surface area (Å²) in [6.45, 7) is 0. The molecule has 0 aliphatic heterocycles. The quantitative estimate of drug-likeness (QED) is 0.811. The van der Waals surface area contributed by atoms with Gasteiger partial charge in [-0.2, -0.15) is 26.3 Å². The lowest BCUT2D eigenvalue weighted by Gasteiger charge is -2.33. The monoisotopic (exact) mass is 310 g/mol. The van der Waals surface area contributed by atoms with E-state index in [0.717, 1.165) is 12.1 Å². The number of rotatable bonds is 2.